The van der Waals surface area contributed by atoms with Gasteiger partial charge < -0.3 is 29.4 Å². The van der Waals surface area contributed by atoms with Crippen molar-refractivity contribution in [2.24, 2.45) is 17.6 Å². The number of carbonyl (C=O) groups excluding carboxylic acids is 4. The Kier molecular flexibility index (Phi) is 12.2. The Morgan fingerprint density at radius 2 is 1.31 bits per heavy atom. The molecule has 0 aliphatic carbocycles. The Balaban J connectivity index is 2.99. The fourth-order valence-corrected chi connectivity index (χ4v) is 2.59. The van der Waals surface area contributed by atoms with Crippen molar-refractivity contribution in [3.05, 3.63) is 23.8 Å². The Bertz CT molecular complexity index is 886. The molecule has 0 aromatic heterocycles. The number of rotatable bonds is 12. The molecule has 0 aliphatic rings. The number of nitrogens with two attached hydrogens (primary N) is 1. The number of ether oxygens (including phenoxy) is 5. The quantitative estimate of drug-likeness (QED) is 0.338. The van der Waals surface area contributed by atoms with E-state index in [9.17, 15) is 19.2 Å². The van der Waals surface area contributed by atoms with Gasteiger partial charge in [-0.05, 0) is 50.8 Å². The van der Waals surface area contributed by atoms with E-state index in [0.717, 1.165) is 0 Å². The lowest BCUT2D eigenvalue weighted by molar-refractivity contribution is -0.155. The van der Waals surface area contributed by atoms with Crippen LogP contribution in [-0.4, -0.2) is 49.4 Å². The van der Waals surface area contributed by atoms with E-state index >= 15 is 0 Å². The predicted octanol–water partition coefficient (Wildman–Crippen LogP) is 3.56. The van der Waals surface area contributed by atoms with Crippen molar-refractivity contribution < 1.29 is 42.9 Å². The minimum Gasteiger partial charge on any atom is -0.458 e. The molecule has 35 heavy (non-hydrogen) atoms. The van der Waals surface area contributed by atoms with Crippen LogP contribution in [0.4, 0.5) is 4.79 Å². The molecule has 1 aromatic carbocycles. The summed E-state index contributed by atoms with van der Waals surface area (Å²) in [4.78, 5) is 48.4. The smallest absolute Gasteiger partial charge is 0.458 e. The van der Waals surface area contributed by atoms with Crippen molar-refractivity contribution in [2.45, 2.75) is 79.1 Å². The third-order valence-corrected chi connectivity index (χ3v) is 5.63. The SMILES string of the molecule is CCC(C)C(=O)Oc1ccc(C[C@H](N)C(=O)O[C@@H](C)[C@H](C)OC(=O)OC)cc1OC(=O)C(C)CC. The monoisotopic (exact) mass is 495 g/mol. The van der Waals surface area contributed by atoms with Crippen LogP contribution in [0.5, 0.6) is 11.5 Å². The summed E-state index contributed by atoms with van der Waals surface area (Å²) in [6.45, 7) is 10.3. The molecule has 0 bridgehead atoms. The molecular weight excluding hydrogens is 458 g/mol. The molecule has 0 spiro atoms. The summed E-state index contributed by atoms with van der Waals surface area (Å²) in [5.41, 5.74) is 6.59. The molecule has 196 valence electrons. The predicted molar refractivity (Wildman–Crippen MR) is 127 cm³/mol. The van der Waals surface area contributed by atoms with Gasteiger partial charge in [0.2, 0.25) is 0 Å². The molecule has 0 saturated heterocycles. The second-order valence-corrected chi connectivity index (χ2v) is 8.47. The first kappa shape index (κ1) is 29.9. The summed E-state index contributed by atoms with van der Waals surface area (Å²) in [6, 6.07) is 3.59. The molecule has 10 heteroatoms. The topological polar surface area (TPSA) is 140 Å². The normalized spacial score (nSPS) is 15.1. The van der Waals surface area contributed by atoms with Crippen LogP contribution >= 0.6 is 0 Å². The van der Waals surface area contributed by atoms with E-state index in [4.69, 9.17) is 24.7 Å². The maximum atomic E-state index is 12.5. The average Bonchev–Trinajstić information content (AvgIpc) is 2.83. The summed E-state index contributed by atoms with van der Waals surface area (Å²) >= 11 is 0. The second-order valence-electron chi connectivity index (χ2n) is 8.47. The maximum absolute atomic E-state index is 12.5. The molecule has 1 aromatic rings. The van der Waals surface area contributed by atoms with Gasteiger partial charge >= 0.3 is 24.1 Å². The van der Waals surface area contributed by atoms with Crippen LogP contribution in [0.1, 0.15) is 59.9 Å². The van der Waals surface area contributed by atoms with Gasteiger partial charge in [0.15, 0.2) is 11.5 Å². The lowest BCUT2D eigenvalue weighted by atomic mass is 10.1. The largest absolute Gasteiger partial charge is 0.508 e. The molecule has 0 heterocycles. The van der Waals surface area contributed by atoms with E-state index in [1.165, 1.54) is 19.2 Å². The van der Waals surface area contributed by atoms with Crippen LogP contribution in [0.15, 0.2) is 18.2 Å². The molecule has 10 nitrogen and oxygen atoms in total. The number of methoxy groups -OCH3 is 1. The summed E-state index contributed by atoms with van der Waals surface area (Å²) in [6.07, 6.45) is -1.17. The summed E-state index contributed by atoms with van der Waals surface area (Å²) in [5, 5.41) is 0. The molecule has 1 rings (SSSR count). The van der Waals surface area contributed by atoms with Crippen molar-refractivity contribution in [3.8, 4) is 11.5 Å². The highest BCUT2D eigenvalue weighted by Crippen LogP contribution is 2.31. The molecule has 2 unspecified atom stereocenters. The van der Waals surface area contributed by atoms with Gasteiger partial charge in [-0.1, -0.05) is 33.8 Å². The molecule has 5 atom stereocenters. The van der Waals surface area contributed by atoms with Crippen molar-refractivity contribution in [1.82, 2.24) is 0 Å². The average molecular weight is 496 g/mol. The Morgan fingerprint density at radius 1 is 0.800 bits per heavy atom. The van der Waals surface area contributed by atoms with Crippen LogP contribution in [0.25, 0.3) is 0 Å². The molecule has 0 aliphatic heterocycles. The first-order chi connectivity index (χ1) is 16.4. The second kappa shape index (κ2) is 14.3. The van der Waals surface area contributed by atoms with E-state index in [1.807, 2.05) is 13.8 Å². The minimum absolute atomic E-state index is 0.0608. The van der Waals surface area contributed by atoms with E-state index in [0.29, 0.717) is 18.4 Å². The zero-order valence-corrected chi connectivity index (χ0v) is 21.5. The van der Waals surface area contributed by atoms with E-state index in [2.05, 4.69) is 4.74 Å². The third-order valence-electron chi connectivity index (χ3n) is 5.63. The van der Waals surface area contributed by atoms with Crippen molar-refractivity contribution in [2.75, 3.05) is 7.11 Å². The molecule has 0 saturated carbocycles. The highest BCUT2D eigenvalue weighted by atomic mass is 16.7. The van der Waals surface area contributed by atoms with Crippen molar-refractivity contribution in [1.29, 1.82) is 0 Å². The van der Waals surface area contributed by atoms with Gasteiger partial charge in [-0.15, -0.1) is 0 Å². The first-order valence-corrected chi connectivity index (χ1v) is 11.7. The van der Waals surface area contributed by atoms with Gasteiger partial charge in [0.1, 0.15) is 18.2 Å². The number of hydrogen-bond donors (Lipinski definition) is 1. The summed E-state index contributed by atoms with van der Waals surface area (Å²) < 4.78 is 25.6. The summed E-state index contributed by atoms with van der Waals surface area (Å²) in [7, 11) is 1.17. The molecule has 0 amide bonds. The van der Waals surface area contributed by atoms with Gasteiger partial charge in [0.25, 0.3) is 0 Å². The van der Waals surface area contributed by atoms with Crippen molar-refractivity contribution >= 4 is 24.1 Å². The lowest BCUT2D eigenvalue weighted by Gasteiger charge is -2.22. The lowest BCUT2D eigenvalue weighted by Crippen LogP contribution is -2.39. The molecule has 0 fully saturated rings. The van der Waals surface area contributed by atoms with Crippen molar-refractivity contribution in [3.63, 3.8) is 0 Å². The fourth-order valence-electron chi connectivity index (χ4n) is 2.59. The van der Waals surface area contributed by atoms with E-state index in [-0.39, 0.29) is 29.8 Å². The Hall–Kier alpha value is -3.14. The number of benzene rings is 1. The highest BCUT2D eigenvalue weighted by molar-refractivity contribution is 5.79. The maximum Gasteiger partial charge on any atom is 0.508 e. The highest BCUT2D eigenvalue weighted by Gasteiger charge is 2.25. The van der Waals surface area contributed by atoms with Gasteiger partial charge in [-0.25, -0.2) is 4.79 Å². The van der Waals surface area contributed by atoms with Gasteiger partial charge in [-0.3, -0.25) is 14.4 Å². The zero-order valence-electron chi connectivity index (χ0n) is 21.5. The third kappa shape index (κ3) is 9.56. The van der Waals surface area contributed by atoms with Crippen LogP contribution in [-0.2, 0) is 35.0 Å². The summed E-state index contributed by atoms with van der Waals surface area (Å²) in [5.74, 6) is -2.13. The Labute approximate surface area is 206 Å². The van der Waals surface area contributed by atoms with Crippen LogP contribution in [0, 0.1) is 11.8 Å². The van der Waals surface area contributed by atoms with E-state index < -0.39 is 42.3 Å². The van der Waals surface area contributed by atoms with Crippen LogP contribution in [0.2, 0.25) is 0 Å². The van der Waals surface area contributed by atoms with Gasteiger partial charge in [0.05, 0.1) is 18.9 Å². The first-order valence-electron chi connectivity index (χ1n) is 11.7. The minimum atomic E-state index is -1.05. The molecule has 2 N–H and O–H groups in total. The number of esters is 3. The molecule has 0 radical (unpaired) electrons. The standard InChI is InChI=1S/C25H37NO9/c1-8-14(3)22(27)34-20-11-10-18(13-21(20)35-23(28)15(4)9-2)12-19(26)24(29)32-16(5)17(6)33-25(30)31-7/h10-11,13-17,19H,8-9,12,26H2,1-7H3/t14?,15?,16-,17-,19-/m0/s1. The van der Waals surface area contributed by atoms with Crippen LogP contribution < -0.4 is 15.2 Å². The zero-order chi connectivity index (χ0) is 26.7. The fraction of sp³-hybridized carbons (Fsp3) is 0.600. The van der Waals surface area contributed by atoms with Gasteiger partial charge in [-0.2, -0.15) is 0 Å². The molecular formula is C25H37NO9. The Morgan fingerprint density at radius 3 is 1.83 bits per heavy atom. The van der Waals surface area contributed by atoms with E-state index in [1.54, 1.807) is 33.8 Å². The van der Waals surface area contributed by atoms with Gasteiger partial charge in [0, 0.05) is 0 Å². The number of hydrogen-bond acceptors (Lipinski definition) is 10. The number of carbonyl (C=O) groups is 4. The van der Waals surface area contributed by atoms with Crippen LogP contribution in [0.3, 0.4) is 0 Å².